The molecule has 2 aromatic carbocycles. The molecule has 1 N–H and O–H groups in total. The van der Waals surface area contributed by atoms with Crippen LogP contribution in [0.15, 0.2) is 64.3 Å². The first-order valence-corrected chi connectivity index (χ1v) is 12.6. The zero-order valence-corrected chi connectivity index (χ0v) is 21.8. The van der Waals surface area contributed by atoms with Crippen molar-refractivity contribution in [1.29, 1.82) is 0 Å². The minimum atomic E-state index is -3.95. The van der Waals surface area contributed by atoms with Gasteiger partial charge in [-0.15, -0.1) is 4.51 Å². The largest absolute Gasteiger partial charge is 0.507 e. The van der Waals surface area contributed by atoms with Crippen molar-refractivity contribution in [3.05, 3.63) is 77.2 Å². The Morgan fingerprint density at radius 2 is 1.50 bits per heavy atom. The van der Waals surface area contributed by atoms with Gasteiger partial charge in [0.15, 0.2) is 5.78 Å². The first kappa shape index (κ1) is 25.8. The van der Waals surface area contributed by atoms with Crippen molar-refractivity contribution in [2.24, 2.45) is 4.51 Å². The van der Waals surface area contributed by atoms with E-state index in [1.807, 2.05) is 41.5 Å². The number of nitrogens with zero attached hydrogens (tertiary/aromatic N) is 3. The summed E-state index contributed by atoms with van der Waals surface area (Å²) in [6, 6.07) is 11.3. The Bertz CT molecular complexity index is 1360. The Kier molecular flexibility index (Phi) is 6.88. The summed E-state index contributed by atoms with van der Waals surface area (Å²) < 4.78 is 32.1. The van der Waals surface area contributed by atoms with Crippen molar-refractivity contribution in [1.82, 2.24) is 8.54 Å². The van der Waals surface area contributed by atoms with Crippen molar-refractivity contribution in [2.45, 2.75) is 63.8 Å². The quantitative estimate of drug-likeness (QED) is 0.508. The van der Waals surface area contributed by atoms with Crippen LogP contribution in [0.4, 0.5) is 0 Å². The number of benzene rings is 2. The summed E-state index contributed by atoms with van der Waals surface area (Å²) in [4.78, 5) is 13.4. The lowest BCUT2D eigenvalue weighted by Gasteiger charge is -2.28. The summed E-state index contributed by atoms with van der Waals surface area (Å²) in [6.07, 6.45) is 2.77. The molecule has 0 bridgehead atoms. The zero-order chi connectivity index (χ0) is 25.5. The van der Waals surface area contributed by atoms with Crippen molar-refractivity contribution >= 4 is 27.6 Å². The Morgan fingerprint density at radius 1 is 0.971 bits per heavy atom. The maximum atomic E-state index is 13.3. The predicted molar refractivity (Wildman–Crippen MR) is 133 cm³/mol. The molecule has 1 heterocycles. The summed E-state index contributed by atoms with van der Waals surface area (Å²) in [5, 5.41) is 10.9. The van der Waals surface area contributed by atoms with Gasteiger partial charge in [0.2, 0.25) is 5.62 Å². The summed E-state index contributed by atoms with van der Waals surface area (Å²) >= 11 is 5.77. The molecule has 0 atom stereocenters. The number of aromatic hydroxyl groups is 1. The number of Topliss-reactive ketones (excluding diaryl/α,β-unsaturated/α-hetero) is 1. The van der Waals surface area contributed by atoms with E-state index in [1.165, 1.54) is 29.1 Å². The number of ketones is 1. The molecule has 1 aromatic heterocycles. The number of phenols is 1. The van der Waals surface area contributed by atoms with Crippen LogP contribution in [0.1, 0.15) is 63.0 Å². The minimum absolute atomic E-state index is 0.0776. The number of imidazole rings is 1. The van der Waals surface area contributed by atoms with Gasteiger partial charge in [-0.3, -0.25) is 4.79 Å². The fraction of sp³-hybridized carbons (Fsp3) is 0.360. The molecule has 182 valence electrons. The van der Waals surface area contributed by atoms with Gasteiger partial charge in [0.05, 0.1) is 11.4 Å². The average molecular weight is 504 g/mol. The lowest BCUT2D eigenvalue weighted by molar-refractivity contribution is 0.0970. The number of halogens is 1. The number of carbonyl (C=O) groups excluding carboxylic acids is 1. The van der Waals surface area contributed by atoms with Crippen LogP contribution < -0.4 is 5.62 Å². The molecule has 0 saturated carbocycles. The molecule has 34 heavy (non-hydrogen) atoms. The smallest absolute Gasteiger partial charge is 0.270 e. The first-order chi connectivity index (χ1) is 15.7. The van der Waals surface area contributed by atoms with E-state index in [0.717, 1.165) is 3.97 Å². The second-order valence-electron chi connectivity index (χ2n) is 10.3. The standard InChI is InChI=1S/C25H30ClN3O4S/c1-24(2,3)19-14-17(15-20(22(19)31)25(4,5)6)21(30)16-28-12-13-29(23(28)27-26)34(32,33)18-10-8-7-9-11-18/h7-15,31H,16H2,1-6H3/b27-23+. The number of rotatable bonds is 5. The normalized spacial score (nSPS) is 13.3. The number of phenolic OH excluding ortho intramolecular Hbond substituents is 1. The highest BCUT2D eigenvalue weighted by molar-refractivity contribution is 7.90. The Hall–Kier alpha value is -2.84. The lowest BCUT2D eigenvalue weighted by atomic mass is 9.78. The molecular weight excluding hydrogens is 474 g/mol. The van der Waals surface area contributed by atoms with E-state index in [0.29, 0.717) is 16.7 Å². The minimum Gasteiger partial charge on any atom is -0.507 e. The van der Waals surface area contributed by atoms with Gasteiger partial charge >= 0.3 is 0 Å². The van der Waals surface area contributed by atoms with Crippen molar-refractivity contribution in [3.63, 3.8) is 0 Å². The first-order valence-electron chi connectivity index (χ1n) is 10.8. The number of aromatic nitrogens is 2. The van der Waals surface area contributed by atoms with Crippen LogP contribution in [-0.2, 0) is 27.4 Å². The maximum absolute atomic E-state index is 13.3. The highest BCUT2D eigenvalue weighted by Crippen LogP contribution is 2.39. The van der Waals surface area contributed by atoms with E-state index in [9.17, 15) is 18.3 Å². The molecule has 0 aliphatic heterocycles. The Morgan fingerprint density at radius 3 is 1.97 bits per heavy atom. The van der Waals surface area contributed by atoms with Crippen LogP contribution in [-0.4, -0.2) is 27.8 Å². The molecule has 0 amide bonds. The fourth-order valence-electron chi connectivity index (χ4n) is 3.69. The molecule has 7 nitrogen and oxygen atoms in total. The molecule has 3 rings (SSSR count). The van der Waals surface area contributed by atoms with Crippen LogP contribution >= 0.6 is 11.8 Å². The van der Waals surface area contributed by atoms with Gasteiger partial charge in [-0.2, -0.15) is 0 Å². The van der Waals surface area contributed by atoms with E-state index in [1.54, 1.807) is 30.3 Å². The zero-order valence-electron chi connectivity index (χ0n) is 20.2. The fourth-order valence-corrected chi connectivity index (χ4v) is 5.22. The number of carbonyl (C=O) groups is 1. The van der Waals surface area contributed by atoms with E-state index >= 15 is 0 Å². The monoisotopic (exact) mass is 503 g/mol. The lowest BCUT2D eigenvalue weighted by Crippen LogP contribution is -2.32. The van der Waals surface area contributed by atoms with Crippen molar-refractivity contribution in [2.75, 3.05) is 0 Å². The molecule has 0 unspecified atom stereocenters. The van der Waals surface area contributed by atoms with Gasteiger partial charge in [0, 0.05) is 40.9 Å². The predicted octanol–water partition coefficient (Wildman–Crippen LogP) is 4.76. The van der Waals surface area contributed by atoms with Gasteiger partial charge in [-0.25, -0.2) is 12.4 Å². The van der Waals surface area contributed by atoms with Gasteiger partial charge in [0.1, 0.15) is 5.75 Å². The van der Waals surface area contributed by atoms with Crippen LogP contribution in [0.25, 0.3) is 0 Å². The highest BCUT2D eigenvalue weighted by atomic mass is 35.5. The molecule has 9 heteroatoms. The summed E-state index contributed by atoms with van der Waals surface area (Å²) in [7, 11) is -3.95. The molecule has 0 spiro atoms. The third-order valence-corrected chi connectivity index (χ3v) is 7.40. The second kappa shape index (κ2) is 9.07. The van der Waals surface area contributed by atoms with E-state index in [4.69, 9.17) is 11.8 Å². The molecule has 0 aliphatic rings. The van der Waals surface area contributed by atoms with Gasteiger partial charge in [-0.05, 0) is 35.1 Å². The molecular formula is C25H30ClN3O4S. The summed E-state index contributed by atoms with van der Waals surface area (Å²) in [5.74, 6) is -0.0850. The molecule has 0 fully saturated rings. The Balaban J connectivity index is 2.07. The van der Waals surface area contributed by atoms with Crippen molar-refractivity contribution in [3.8, 4) is 5.75 Å². The van der Waals surface area contributed by atoms with E-state index < -0.39 is 20.9 Å². The number of hydrogen-bond donors (Lipinski definition) is 1. The topological polar surface area (TPSA) is 93.7 Å². The van der Waals surface area contributed by atoms with E-state index in [2.05, 4.69) is 4.51 Å². The maximum Gasteiger partial charge on any atom is 0.270 e. The molecule has 3 aromatic rings. The van der Waals surface area contributed by atoms with Gasteiger partial charge in [-0.1, -0.05) is 59.7 Å². The summed E-state index contributed by atoms with van der Waals surface area (Å²) in [5.41, 5.74) is 0.873. The second-order valence-corrected chi connectivity index (χ2v) is 12.3. The highest BCUT2D eigenvalue weighted by Gasteiger charge is 2.28. The average Bonchev–Trinajstić information content (AvgIpc) is 3.16. The molecule has 0 aliphatic carbocycles. The molecule has 0 radical (unpaired) electrons. The van der Waals surface area contributed by atoms with Crippen LogP contribution in [0, 0.1) is 0 Å². The van der Waals surface area contributed by atoms with Gasteiger partial charge in [0.25, 0.3) is 10.0 Å². The SMILES string of the molecule is CC(C)(C)c1cc(C(=O)Cn2ccn(S(=O)(=O)c3ccccc3)/c2=N/Cl)cc(C(C)(C)C)c1O. The van der Waals surface area contributed by atoms with Crippen LogP contribution in [0.5, 0.6) is 5.75 Å². The summed E-state index contributed by atoms with van der Waals surface area (Å²) in [6.45, 7) is 11.6. The van der Waals surface area contributed by atoms with Crippen LogP contribution in [0.2, 0.25) is 0 Å². The third-order valence-electron chi connectivity index (χ3n) is 5.57. The third kappa shape index (κ3) is 4.98. The van der Waals surface area contributed by atoms with Crippen LogP contribution in [0.3, 0.4) is 0 Å². The Labute approximate surface area is 205 Å². The van der Waals surface area contributed by atoms with Crippen molar-refractivity contribution < 1.29 is 18.3 Å². The number of hydrogen-bond acceptors (Lipinski definition) is 5. The van der Waals surface area contributed by atoms with Gasteiger partial charge < -0.3 is 9.67 Å². The molecule has 0 saturated heterocycles. The van der Waals surface area contributed by atoms with E-state index in [-0.39, 0.29) is 28.6 Å².